The smallest absolute Gasteiger partial charge is 0.505 e. The maximum Gasteiger partial charge on any atom is 0.525 e. The van der Waals surface area contributed by atoms with Crippen LogP contribution in [-0.2, 0) is 55.9 Å². The van der Waals surface area contributed by atoms with Crippen molar-refractivity contribution < 1.29 is 131 Å². The van der Waals surface area contributed by atoms with Crippen LogP contribution in [0.1, 0.15) is 0 Å². The minimum Gasteiger partial charge on any atom is -0.505 e. The fraction of sp³-hybridized carbons (Fsp3) is 0.500. The third-order valence-electron chi connectivity index (χ3n) is 5.01. The Morgan fingerprint density at radius 3 is 1.12 bits per heavy atom. The first-order valence-electron chi connectivity index (χ1n) is 11.8. The largest absolute Gasteiger partial charge is 0.525 e. The molecule has 30 heteroatoms. The molecule has 6 unspecified atom stereocenters. The van der Waals surface area contributed by atoms with E-state index in [4.69, 9.17) is 65.1 Å². The molecule has 0 saturated carbocycles. The molecular formula is C18H27O27P3. The number of rotatable bonds is 12. The van der Waals surface area contributed by atoms with Gasteiger partial charge in [0.25, 0.3) is 11.5 Å². The van der Waals surface area contributed by atoms with E-state index < -0.39 is 132 Å². The molecule has 3 heterocycles. The summed E-state index contributed by atoms with van der Waals surface area (Å²) in [5, 5.41) is 80.7. The minimum atomic E-state index is -5.02. The second-order valence-corrected chi connectivity index (χ2v) is 12.1. The summed E-state index contributed by atoms with van der Waals surface area (Å²) in [6.07, 6.45) is -9.72. The van der Waals surface area contributed by atoms with Crippen LogP contribution in [-0.4, -0.2) is 150 Å². The van der Waals surface area contributed by atoms with E-state index in [1.807, 2.05) is 0 Å². The van der Waals surface area contributed by atoms with Crippen LogP contribution in [0.15, 0.2) is 34.6 Å². The van der Waals surface area contributed by atoms with Crippen LogP contribution in [0.5, 0.6) is 0 Å². The fourth-order valence-electron chi connectivity index (χ4n) is 3.07. The molecule has 276 valence electrons. The summed E-state index contributed by atoms with van der Waals surface area (Å²) in [4.78, 5) is 83.5. The molecule has 0 bridgehead atoms. The lowest BCUT2D eigenvalue weighted by Gasteiger charge is -2.18. The Bertz CT molecular complexity index is 1370. The fourth-order valence-corrected chi connectivity index (χ4v) is 4.33. The van der Waals surface area contributed by atoms with Crippen molar-refractivity contribution in [1.29, 1.82) is 0 Å². The number of aliphatic hydroxyl groups excluding tert-OH is 9. The summed E-state index contributed by atoms with van der Waals surface area (Å²) < 4.78 is 56.2. The van der Waals surface area contributed by atoms with Crippen molar-refractivity contribution in [3.05, 3.63) is 34.6 Å². The molecule has 0 aromatic rings. The topological polar surface area (TPSA) is 461 Å². The van der Waals surface area contributed by atoms with Crippen molar-refractivity contribution in [2.24, 2.45) is 0 Å². The molecule has 3 rings (SSSR count). The first-order chi connectivity index (χ1) is 21.8. The number of carbonyl (C=O) groups is 3. The molecule has 48 heavy (non-hydrogen) atoms. The first-order valence-corrected chi connectivity index (χ1v) is 16.4. The van der Waals surface area contributed by atoms with Crippen LogP contribution >= 0.6 is 23.5 Å². The number of ether oxygens (including phenoxy) is 3. The van der Waals surface area contributed by atoms with Crippen LogP contribution in [0.2, 0.25) is 0 Å². The van der Waals surface area contributed by atoms with Crippen molar-refractivity contribution in [3.8, 4) is 0 Å². The SMILES string of the molecule is O=C1OC(C(O)CO)C(O)=C1OP(=O)(O)O.O=C1OC(C(O)CO)C(O)=C1OP(=O)(O)O.O=C1OC(C(O)CO)C(OP(=O)(O)O)=C1O. The Hall–Kier alpha value is -3.36. The lowest BCUT2D eigenvalue weighted by Crippen LogP contribution is -2.32. The molecule has 0 aromatic heterocycles. The molecule has 0 aromatic carbocycles. The van der Waals surface area contributed by atoms with Crippen LogP contribution < -0.4 is 0 Å². The Morgan fingerprint density at radius 1 is 0.542 bits per heavy atom. The maximum absolute atomic E-state index is 11.0. The third-order valence-corrected chi connectivity index (χ3v) is 6.28. The summed E-state index contributed by atoms with van der Waals surface area (Å²) >= 11 is 0. The van der Waals surface area contributed by atoms with E-state index in [2.05, 4.69) is 27.8 Å². The highest BCUT2D eigenvalue weighted by Crippen LogP contribution is 2.44. The standard InChI is InChI=1S/3C6H9O9P/c7-1-2(8)4-5(15-16(11,12)13)3(9)6(10)14-4;2*7-1-2(8)4-3(9)5(6(10)14-4)15-16(11,12)13/h3*2,4,7-9H,1H2,(H2,11,12,13). The molecule has 0 spiro atoms. The van der Waals surface area contributed by atoms with Gasteiger partial charge in [-0.25, -0.2) is 28.1 Å². The second-order valence-electron chi connectivity index (χ2n) is 8.61. The Kier molecular flexibility index (Phi) is 15.0. The molecule has 3 aliphatic rings. The van der Waals surface area contributed by atoms with Gasteiger partial charge in [-0.05, 0) is 0 Å². The Balaban J connectivity index is 0.000000360. The molecule has 3 aliphatic heterocycles. The lowest BCUT2D eigenvalue weighted by atomic mass is 10.2. The van der Waals surface area contributed by atoms with Crippen molar-refractivity contribution in [3.63, 3.8) is 0 Å². The van der Waals surface area contributed by atoms with Gasteiger partial charge < -0.3 is 73.7 Å². The van der Waals surface area contributed by atoms with E-state index in [0.29, 0.717) is 0 Å². The summed E-state index contributed by atoms with van der Waals surface area (Å²) in [5.41, 5.74) is 0. The minimum absolute atomic E-state index is 0.814. The van der Waals surface area contributed by atoms with E-state index in [1.54, 1.807) is 0 Å². The molecule has 6 atom stereocenters. The summed E-state index contributed by atoms with van der Waals surface area (Å²) in [6, 6.07) is 0. The average Bonchev–Trinajstić information content (AvgIpc) is 3.51. The van der Waals surface area contributed by atoms with Crippen molar-refractivity contribution in [2.45, 2.75) is 36.6 Å². The third kappa shape index (κ3) is 12.3. The number of aliphatic hydroxyl groups is 9. The van der Waals surface area contributed by atoms with Gasteiger partial charge in [0.05, 0.1) is 19.8 Å². The van der Waals surface area contributed by atoms with E-state index >= 15 is 0 Å². The van der Waals surface area contributed by atoms with E-state index in [9.17, 15) is 38.3 Å². The molecule has 27 nitrogen and oxygen atoms in total. The zero-order valence-corrected chi connectivity index (χ0v) is 25.7. The average molecular weight is 768 g/mol. The summed E-state index contributed by atoms with van der Waals surface area (Å²) in [7, 11) is -15.0. The number of phosphoric ester groups is 3. The highest BCUT2D eigenvalue weighted by molar-refractivity contribution is 7.47. The highest BCUT2D eigenvalue weighted by Gasteiger charge is 2.45. The number of carbonyl (C=O) groups excluding carboxylic acids is 3. The van der Waals surface area contributed by atoms with Gasteiger partial charge in [-0.2, -0.15) is 0 Å². The number of phosphoric acid groups is 3. The van der Waals surface area contributed by atoms with Gasteiger partial charge in [0, 0.05) is 0 Å². The van der Waals surface area contributed by atoms with Gasteiger partial charge in [-0.1, -0.05) is 0 Å². The molecule has 0 amide bonds. The Labute approximate surface area is 264 Å². The van der Waals surface area contributed by atoms with E-state index in [-0.39, 0.29) is 0 Å². The summed E-state index contributed by atoms with van der Waals surface area (Å²) in [5.74, 6) is -10.1. The zero-order valence-electron chi connectivity index (χ0n) is 23.0. The first kappa shape index (κ1) is 42.7. The van der Waals surface area contributed by atoms with Gasteiger partial charge in [-0.3, -0.25) is 29.4 Å². The number of hydrogen-bond donors (Lipinski definition) is 15. The Morgan fingerprint density at radius 2 is 0.833 bits per heavy atom. The van der Waals surface area contributed by atoms with Crippen molar-refractivity contribution in [2.75, 3.05) is 19.8 Å². The number of hydrogen-bond acceptors (Lipinski definition) is 21. The molecular weight excluding hydrogens is 741 g/mol. The molecule has 15 N–H and O–H groups in total. The van der Waals surface area contributed by atoms with Crippen molar-refractivity contribution >= 4 is 41.4 Å². The van der Waals surface area contributed by atoms with Gasteiger partial charge in [0.1, 0.15) is 18.3 Å². The maximum atomic E-state index is 11.0. The van der Waals surface area contributed by atoms with Crippen LogP contribution in [0.3, 0.4) is 0 Å². The number of cyclic esters (lactones) is 3. The lowest BCUT2D eigenvalue weighted by molar-refractivity contribution is -0.148. The normalized spacial score (nSPS) is 23.2. The molecule has 0 radical (unpaired) electrons. The molecule has 0 saturated heterocycles. The second kappa shape index (κ2) is 16.8. The monoisotopic (exact) mass is 768 g/mol. The van der Waals surface area contributed by atoms with Crippen molar-refractivity contribution in [1.82, 2.24) is 0 Å². The van der Waals surface area contributed by atoms with Crippen LogP contribution in [0.25, 0.3) is 0 Å². The van der Waals surface area contributed by atoms with Gasteiger partial charge in [0.2, 0.25) is 11.5 Å². The van der Waals surface area contributed by atoms with Crippen LogP contribution in [0.4, 0.5) is 0 Å². The van der Waals surface area contributed by atoms with Gasteiger partial charge >= 0.3 is 41.4 Å². The quantitative estimate of drug-likeness (QED) is 0.0500. The van der Waals surface area contributed by atoms with Crippen LogP contribution in [0, 0.1) is 0 Å². The number of esters is 3. The highest BCUT2D eigenvalue weighted by atomic mass is 31.2. The predicted octanol–water partition coefficient (Wildman–Crippen LogP) is -5.57. The zero-order chi connectivity index (χ0) is 37.5. The van der Waals surface area contributed by atoms with E-state index in [1.165, 1.54) is 0 Å². The van der Waals surface area contributed by atoms with Gasteiger partial charge in [0.15, 0.2) is 29.8 Å². The van der Waals surface area contributed by atoms with E-state index in [0.717, 1.165) is 0 Å². The predicted molar refractivity (Wildman–Crippen MR) is 137 cm³/mol. The summed E-state index contributed by atoms with van der Waals surface area (Å²) in [6.45, 7) is -2.48. The molecule has 0 aliphatic carbocycles. The molecule has 0 fully saturated rings. The van der Waals surface area contributed by atoms with Gasteiger partial charge in [-0.15, -0.1) is 0 Å².